The highest BCUT2D eigenvalue weighted by Crippen LogP contribution is 2.20. The van der Waals surface area contributed by atoms with Crippen LogP contribution in [0.5, 0.6) is 0 Å². The van der Waals surface area contributed by atoms with E-state index in [1.165, 1.54) is 12.1 Å². The molecule has 0 radical (unpaired) electrons. The van der Waals surface area contributed by atoms with E-state index in [0.717, 1.165) is 5.56 Å². The zero-order valence-electron chi connectivity index (χ0n) is 8.63. The molecule has 4 N–H and O–H groups in total. The molecule has 0 saturated heterocycles. The highest BCUT2D eigenvalue weighted by atomic mass is 19.1. The Bertz CT molecular complexity index is 304. The van der Waals surface area contributed by atoms with E-state index >= 15 is 0 Å². The Hall–Kier alpha value is -0.930. The van der Waals surface area contributed by atoms with Gasteiger partial charge in [-0.3, -0.25) is 0 Å². The van der Waals surface area contributed by atoms with E-state index in [-0.39, 0.29) is 17.4 Å². The molecule has 0 heterocycles. The molecule has 1 aromatic carbocycles. The van der Waals surface area contributed by atoms with E-state index in [1.807, 2.05) is 19.9 Å². The third kappa shape index (κ3) is 3.44. The van der Waals surface area contributed by atoms with Crippen LogP contribution in [-0.2, 0) is 0 Å². The SMILES string of the molecule is CC(C)(N)CC(N)c1cccc(F)c1. The van der Waals surface area contributed by atoms with Gasteiger partial charge in [0.05, 0.1) is 0 Å². The van der Waals surface area contributed by atoms with E-state index in [0.29, 0.717) is 6.42 Å². The Morgan fingerprint density at radius 3 is 2.57 bits per heavy atom. The standard InChI is InChI=1S/C11H17FN2/c1-11(2,14)7-10(13)8-4-3-5-9(12)6-8/h3-6,10H,7,13-14H2,1-2H3. The highest BCUT2D eigenvalue weighted by molar-refractivity contribution is 5.20. The fourth-order valence-electron chi connectivity index (χ4n) is 1.42. The first kappa shape index (κ1) is 11.1. The highest BCUT2D eigenvalue weighted by Gasteiger charge is 2.17. The number of benzene rings is 1. The minimum Gasteiger partial charge on any atom is -0.325 e. The minimum absolute atomic E-state index is 0.203. The van der Waals surface area contributed by atoms with Crippen molar-refractivity contribution in [2.24, 2.45) is 11.5 Å². The monoisotopic (exact) mass is 196 g/mol. The molecule has 1 unspecified atom stereocenters. The van der Waals surface area contributed by atoms with Crippen LogP contribution in [0.25, 0.3) is 0 Å². The molecular weight excluding hydrogens is 179 g/mol. The Labute approximate surface area is 84.1 Å². The third-order valence-electron chi connectivity index (χ3n) is 2.02. The van der Waals surface area contributed by atoms with Crippen molar-refractivity contribution < 1.29 is 4.39 Å². The molecule has 1 rings (SSSR count). The maximum absolute atomic E-state index is 12.9. The summed E-state index contributed by atoms with van der Waals surface area (Å²) >= 11 is 0. The molecule has 0 aliphatic heterocycles. The molecule has 0 aliphatic rings. The first-order chi connectivity index (χ1) is 6.38. The summed E-state index contributed by atoms with van der Waals surface area (Å²) in [7, 11) is 0. The van der Waals surface area contributed by atoms with E-state index in [2.05, 4.69) is 0 Å². The van der Waals surface area contributed by atoms with E-state index < -0.39 is 0 Å². The molecule has 0 spiro atoms. The Kier molecular flexibility index (Phi) is 3.24. The third-order valence-corrected chi connectivity index (χ3v) is 2.02. The molecule has 0 aliphatic carbocycles. The largest absolute Gasteiger partial charge is 0.325 e. The van der Waals surface area contributed by atoms with Crippen LogP contribution in [0.3, 0.4) is 0 Å². The quantitative estimate of drug-likeness (QED) is 0.776. The van der Waals surface area contributed by atoms with Crippen LogP contribution in [0.4, 0.5) is 4.39 Å². The van der Waals surface area contributed by atoms with Crippen LogP contribution >= 0.6 is 0 Å². The molecule has 1 aromatic rings. The summed E-state index contributed by atoms with van der Waals surface area (Å²) in [6.07, 6.45) is 0.635. The van der Waals surface area contributed by atoms with Crippen molar-refractivity contribution in [3.8, 4) is 0 Å². The summed E-state index contributed by atoms with van der Waals surface area (Å²) in [6, 6.07) is 6.14. The van der Waals surface area contributed by atoms with E-state index in [9.17, 15) is 4.39 Å². The number of hydrogen-bond donors (Lipinski definition) is 2. The molecule has 1 atom stereocenters. The number of hydrogen-bond acceptors (Lipinski definition) is 2. The predicted octanol–water partition coefficient (Wildman–Crippen LogP) is 1.95. The second-order valence-electron chi connectivity index (χ2n) is 4.35. The van der Waals surface area contributed by atoms with Gasteiger partial charge in [0, 0.05) is 11.6 Å². The van der Waals surface area contributed by atoms with E-state index in [4.69, 9.17) is 11.5 Å². The summed E-state index contributed by atoms with van der Waals surface area (Å²) in [6.45, 7) is 3.82. The maximum Gasteiger partial charge on any atom is 0.123 e. The van der Waals surface area contributed by atoms with Crippen molar-refractivity contribution in [1.82, 2.24) is 0 Å². The molecule has 0 saturated carbocycles. The van der Waals surface area contributed by atoms with E-state index in [1.54, 1.807) is 6.07 Å². The lowest BCUT2D eigenvalue weighted by molar-refractivity contribution is 0.428. The van der Waals surface area contributed by atoms with Crippen molar-refractivity contribution in [3.63, 3.8) is 0 Å². The molecule has 78 valence electrons. The van der Waals surface area contributed by atoms with Crippen molar-refractivity contribution in [3.05, 3.63) is 35.6 Å². The van der Waals surface area contributed by atoms with Crippen molar-refractivity contribution >= 4 is 0 Å². The van der Waals surface area contributed by atoms with Crippen LogP contribution in [0.15, 0.2) is 24.3 Å². The van der Waals surface area contributed by atoms with Gasteiger partial charge in [0.1, 0.15) is 5.82 Å². The van der Waals surface area contributed by atoms with Crippen LogP contribution in [0.1, 0.15) is 31.9 Å². The summed E-state index contributed by atoms with van der Waals surface area (Å²) < 4.78 is 12.9. The average molecular weight is 196 g/mol. The van der Waals surface area contributed by atoms with Gasteiger partial charge in [0.2, 0.25) is 0 Å². The maximum atomic E-state index is 12.9. The number of halogens is 1. The zero-order valence-corrected chi connectivity index (χ0v) is 8.63. The molecule has 14 heavy (non-hydrogen) atoms. The normalized spacial score (nSPS) is 14.1. The minimum atomic E-state index is -0.328. The molecule has 3 heteroatoms. The lowest BCUT2D eigenvalue weighted by Crippen LogP contribution is -2.35. The zero-order chi connectivity index (χ0) is 10.8. The molecule has 2 nitrogen and oxygen atoms in total. The van der Waals surface area contributed by atoms with Crippen LogP contribution < -0.4 is 11.5 Å². The molecule has 0 amide bonds. The lowest BCUT2D eigenvalue weighted by atomic mass is 9.93. The van der Waals surface area contributed by atoms with Crippen molar-refractivity contribution in [2.75, 3.05) is 0 Å². The first-order valence-electron chi connectivity index (χ1n) is 4.68. The van der Waals surface area contributed by atoms with Crippen molar-refractivity contribution in [1.29, 1.82) is 0 Å². The van der Waals surface area contributed by atoms with Gasteiger partial charge in [0.15, 0.2) is 0 Å². The second kappa shape index (κ2) is 4.07. The van der Waals surface area contributed by atoms with Gasteiger partial charge >= 0.3 is 0 Å². The van der Waals surface area contributed by atoms with Crippen molar-refractivity contribution in [2.45, 2.75) is 31.8 Å². The smallest absolute Gasteiger partial charge is 0.123 e. The van der Waals surface area contributed by atoms with Crippen LogP contribution in [0, 0.1) is 5.82 Å². The van der Waals surface area contributed by atoms with Gasteiger partial charge in [0.25, 0.3) is 0 Å². The van der Waals surface area contributed by atoms with Gasteiger partial charge in [-0.15, -0.1) is 0 Å². The summed E-state index contributed by atoms with van der Waals surface area (Å²) in [5, 5.41) is 0. The number of nitrogens with two attached hydrogens (primary N) is 2. The van der Waals surface area contributed by atoms with Crippen LogP contribution in [0.2, 0.25) is 0 Å². The van der Waals surface area contributed by atoms with Gasteiger partial charge in [-0.25, -0.2) is 4.39 Å². The summed E-state index contributed by atoms with van der Waals surface area (Å²) in [5.41, 5.74) is 12.2. The summed E-state index contributed by atoms with van der Waals surface area (Å²) in [5.74, 6) is -0.257. The second-order valence-corrected chi connectivity index (χ2v) is 4.35. The predicted molar refractivity (Wildman–Crippen MR) is 56.2 cm³/mol. The topological polar surface area (TPSA) is 52.0 Å². The molecule has 0 fully saturated rings. The average Bonchev–Trinajstić information content (AvgIpc) is 2.01. The molecule has 0 aromatic heterocycles. The van der Waals surface area contributed by atoms with Gasteiger partial charge in [-0.05, 0) is 38.0 Å². The van der Waals surface area contributed by atoms with Gasteiger partial charge < -0.3 is 11.5 Å². The lowest BCUT2D eigenvalue weighted by Gasteiger charge is -2.23. The fraction of sp³-hybridized carbons (Fsp3) is 0.455. The molecule has 0 bridgehead atoms. The Morgan fingerprint density at radius 1 is 1.43 bits per heavy atom. The van der Waals surface area contributed by atoms with Crippen LogP contribution in [-0.4, -0.2) is 5.54 Å². The first-order valence-corrected chi connectivity index (χ1v) is 4.68. The molecular formula is C11H17FN2. The summed E-state index contributed by atoms with van der Waals surface area (Å²) in [4.78, 5) is 0. The van der Waals surface area contributed by atoms with Gasteiger partial charge in [-0.2, -0.15) is 0 Å². The Balaban J connectivity index is 2.74. The Morgan fingerprint density at radius 2 is 2.07 bits per heavy atom. The number of rotatable bonds is 3. The van der Waals surface area contributed by atoms with Gasteiger partial charge in [-0.1, -0.05) is 12.1 Å². The fourth-order valence-corrected chi connectivity index (χ4v) is 1.42.